The van der Waals surface area contributed by atoms with E-state index in [0.29, 0.717) is 23.7 Å². The SMILES string of the molecule is CNC1CC(OC2CC(C)CC(C)(C)C2)C1. The summed E-state index contributed by atoms with van der Waals surface area (Å²) in [6.07, 6.45) is 7.34. The summed E-state index contributed by atoms with van der Waals surface area (Å²) in [6.45, 7) is 7.14. The van der Waals surface area contributed by atoms with E-state index in [1.807, 2.05) is 7.05 Å². The molecule has 0 spiro atoms. The van der Waals surface area contributed by atoms with Crippen LogP contribution in [0.1, 0.15) is 52.9 Å². The monoisotopic (exact) mass is 225 g/mol. The molecule has 0 saturated heterocycles. The second-order valence-corrected chi connectivity index (χ2v) is 6.75. The van der Waals surface area contributed by atoms with E-state index in [1.54, 1.807) is 0 Å². The molecule has 2 atom stereocenters. The summed E-state index contributed by atoms with van der Waals surface area (Å²) in [5.41, 5.74) is 0.481. The van der Waals surface area contributed by atoms with E-state index in [0.717, 1.165) is 5.92 Å². The molecule has 2 heteroatoms. The van der Waals surface area contributed by atoms with Crippen molar-refractivity contribution in [1.29, 1.82) is 0 Å². The van der Waals surface area contributed by atoms with Crippen LogP contribution in [0.25, 0.3) is 0 Å². The van der Waals surface area contributed by atoms with Crippen LogP contribution in [0.3, 0.4) is 0 Å². The highest BCUT2D eigenvalue weighted by molar-refractivity contribution is 4.89. The largest absolute Gasteiger partial charge is 0.375 e. The molecular formula is C14H27NO. The van der Waals surface area contributed by atoms with Gasteiger partial charge in [0.2, 0.25) is 0 Å². The van der Waals surface area contributed by atoms with Gasteiger partial charge < -0.3 is 10.1 Å². The zero-order valence-electron chi connectivity index (χ0n) is 11.3. The minimum atomic E-state index is 0.481. The lowest BCUT2D eigenvalue weighted by Crippen LogP contribution is -2.46. The average molecular weight is 225 g/mol. The number of rotatable bonds is 3. The first kappa shape index (κ1) is 12.4. The van der Waals surface area contributed by atoms with Gasteiger partial charge in [0, 0.05) is 6.04 Å². The summed E-state index contributed by atoms with van der Waals surface area (Å²) in [5, 5.41) is 3.31. The molecule has 2 nitrogen and oxygen atoms in total. The molecule has 16 heavy (non-hydrogen) atoms. The van der Waals surface area contributed by atoms with E-state index in [9.17, 15) is 0 Å². The zero-order chi connectivity index (χ0) is 11.8. The highest BCUT2D eigenvalue weighted by atomic mass is 16.5. The molecule has 0 amide bonds. The van der Waals surface area contributed by atoms with Crippen molar-refractivity contribution in [3.8, 4) is 0 Å². The normalized spacial score (nSPS) is 42.8. The van der Waals surface area contributed by atoms with Gasteiger partial charge in [0.1, 0.15) is 0 Å². The predicted molar refractivity (Wildman–Crippen MR) is 67.5 cm³/mol. The van der Waals surface area contributed by atoms with Crippen LogP contribution in [-0.4, -0.2) is 25.3 Å². The van der Waals surface area contributed by atoms with Gasteiger partial charge in [0.25, 0.3) is 0 Å². The van der Waals surface area contributed by atoms with Gasteiger partial charge in [0.05, 0.1) is 12.2 Å². The van der Waals surface area contributed by atoms with Crippen molar-refractivity contribution in [3.05, 3.63) is 0 Å². The van der Waals surface area contributed by atoms with Crippen molar-refractivity contribution >= 4 is 0 Å². The Morgan fingerprint density at radius 2 is 1.75 bits per heavy atom. The first-order valence-corrected chi connectivity index (χ1v) is 6.81. The molecule has 94 valence electrons. The average Bonchev–Trinajstić information content (AvgIpc) is 2.06. The Balaban J connectivity index is 1.77. The van der Waals surface area contributed by atoms with Crippen molar-refractivity contribution < 1.29 is 4.74 Å². The maximum Gasteiger partial charge on any atom is 0.0608 e. The smallest absolute Gasteiger partial charge is 0.0608 e. The summed E-state index contributed by atoms with van der Waals surface area (Å²) < 4.78 is 6.23. The van der Waals surface area contributed by atoms with E-state index in [-0.39, 0.29) is 0 Å². The lowest BCUT2D eigenvalue weighted by molar-refractivity contribution is -0.100. The van der Waals surface area contributed by atoms with E-state index in [2.05, 4.69) is 26.1 Å². The van der Waals surface area contributed by atoms with Gasteiger partial charge in [-0.1, -0.05) is 20.8 Å². The molecule has 0 bridgehead atoms. The molecule has 0 heterocycles. The summed E-state index contributed by atoms with van der Waals surface area (Å²) in [5.74, 6) is 0.828. The van der Waals surface area contributed by atoms with Gasteiger partial charge in [-0.15, -0.1) is 0 Å². The molecule has 0 aromatic carbocycles. The van der Waals surface area contributed by atoms with E-state index in [1.165, 1.54) is 32.1 Å². The van der Waals surface area contributed by atoms with Crippen LogP contribution in [0, 0.1) is 11.3 Å². The van der Waals surface area contributed by atoms with Crippen LogP contribution < -0.4 is 5.32 Å². The maximum atomic E-state index is 6.23. The lowest BCUT2D eigenvalue weighted by atomic mass is 9.71. The van der Waals surface area contributed by atoms with E-state index in [4.69, 9.17) is 4.74 Å². The molecule has 0 aromatic rings. The van der Waals surface area contributed by atoms with Gasteiger partial charge in [0.15, 0.2) is 0 Å². The minimum Gasteiger partial charge on any atom is -0.375 e. The Morgan fingerprint density at radius 1 is 1.06 bits per heavy atom. The standard InChI is InChI=1S/C14H27NO/c1-10-5-13(9-14(2,3)8-10)16-12-6-11(7-12)15-4/h10-13,15H,5-9H2,1-4H3. The molecule has 2 fully saturated rings. The topological polar surface area (TPSA) is 21.3 Å². The van der Waals surface area contributed by atoms with Crippen LogP contribution in [0.4, 0.5) is 0 Å². The summed E-state index contributed by atoms with van der Waals surface area (Å²) in [7, 11) is 2.05. The Labute approximate surface area is 100 Å². The summed E-state index contributed by atoms with van der Waals surface area (Å²) in [4.78, 5) is 0. The number of hydrogen-bond donors (Lipinski definition) is 1. The van der Waals surface area contributed by atoms with Gasteiger partial charge in [-0.05, 0) is 50.5 Å². The zero-order valence-corrected chi connectivity index (χ0v) is 11.3. The third-order valence-corrected chi connectivity index (χ3v) is 4.23. The molecule has 2 aliphatic carbocycles. The maximum absolute atomic E-state index is 6.23. The lowest BCUT2D eigenvalue weighted by Gasteiger charge is -2.43. The fourth-order valence-electron chi connectivity index (χ4n) is 3.55. The summed E-state index contributed by atoms with van der Waals surface area (Å²) >= 11 is 0. The van der Waals surface area contributed by atoms with Crippen LogP contribution in [0.15, 0.2) is 0 Å². The Bertz CT molecular complexity index is 233. The van der Waals surface area contributed by atoms with Crippen LogP contribution in [0.5, 0.6) is 0 Å². The van der Waals surface area contributed by atoms with E-state index >= 15 is 0 Å². The number of nitrogens with one attached hydrogen (secondary N) is 1. The van der Waals surface area contributed by atoms with Gasteiger partial charge in [-0.3, -0.25) is 0 Å². The van der Waals surface area contributed by atoms with Crippen molar-refractivity contribution in [2.45, 2.75) is 71.1 Å². The third-order valence-electron chi connectivity index (χ3n) is 4.23. The van der Waals surface area contributed by atoms with Crippen molar-refractivity contribution in [2.24, 2.45) is 11.3 Å². The first-order chi connectivity index (χ1) is 7.48. The Hall–Kier alpha value is -0.0800. The van der Waals surface area contributed by atoms with Gasteiger partial charge >= 0.3 is 0 Å². The second kappa shape index (κ2) is 4.66. The number of ether oxygens (including phenoxy) is 1. The molecule has 2 unspecified atom stereocenters. The Kier molecular flexibility index (Phi) is 3.60. The molecular weight excluding hydrogens is 198 g/mol. The van der Waals surface area contributed by atoms with Crippen LogP contribution in [-0.2, 0) is 4.74 Å². The Morgan fingerprint density at radius 3 is 2.31 bits per heavy atom. The van der Waals surface area contributed by atoms with Gasteiger partial charge in [-0.2, -0.15) is 0 Å². The molecule has 2 rings (SSSR count). The summed E-state index contributed by atoms with van der Waals surface area (Å²) in [6, 6.07) is 0.707. The highest BCUT2D eigenvalue weighted by Gasteiger charge is 2.36. The molecule has 2 aliphatic rings. The third kappa shape index (κ3) is 2.98. The predicted octanol–water partition coefficient (Wildman–Crippen LogP) is 2.97. The van der Waals surface area contributed by atoms with Crippen LogP contribution in [0.2, 0.25) is 0 Å². The number of hydrogen-bond acceptors (Lipinski definition) is 2. The highest BCUT2D eigenvalue weighted by Crippen LogP contribution is 2.41. The minimum absolute atomic E-state index is 0.481. The molecule has 2 saturated carbocycles. The van der Waals surface area contributed by atoms with Gasteiger partial charge in [-0.25, -0.2) is 0 Å². The first-order valence-electron chi connectivity index (χ1n) is 6.81. The van der Waals surface area contributed by atoms with Crippen molar-refractivity contribution in [3.63, 3.8) is 0 Å². The van der Waals surface area contributed by atoms with Crippen LogP contribution >= 0.6 is 0 Å². The molecule has 0 aliphatic heterocycles. The fourth-order valence-corrected chi connectivity index (χ4v) is 3.55. The van der Waals surface area contributed by atoms with Crippen molar-refractivity contribution in [1.82, 2.24) is 5.32 Å². The fraction of sp³-hybridized carbons (Fsp3) is 1.00. The van der Waals surface area contributed by atoms with E-state index < -0.39 is 0 Å². The van der Waals surface area contributed by atoms with Crippen molar-refractivity contribution in [2.75, 3.05) is 7.05 Å². The second-order valence-electron chi connectivity index (χ2n) is 6.75. The quantitative estimate of drug-likeness (QED) is 0.797. The molecule has 0 radical (unpaired) electrons. The molecule has 1 N–H and O–H groups in total. The molecule has 0 aromatic heterocycles.